The van der Waals surface area contributed by atoms with Crippen LogP contribution in [0.15, 0.2) is 72.9 Å². The maximum absolute atomic E-state index is 14.7. The topological polar surface area (TPSA) is 165 Å². The summed E-state index contributed by atoms with van der Waals surface area (Å²) in [7, 11) is -1.26. The van der Waals surface area contributed by atoms with Gasteiger partial charge in [-0.2, -0.15) is 0 Å². The average Bonchev–Trinajstić information content (AvgIpc) is 3.71. The van der Waals surface area contributed by atoms with Crippen LogP contribution < -0.4 is 20.7 Å². The fourth-order valence-corrected chi connectivity index (χ4v) is 9.86. The van der Waals surface area contributed by atoms with E-state index < -0.39 is 20.0 Å². The minimum absolute atomic E-state index is 0.0104. The summed E-state index contributed by atoms with van der Waals surface area (Å²) in [6.45, 7) is 6.56. The molecule has 2 amide bonds. The molecule has 4 aromatic rings. The van der Waals surface area contributed by atoms with Gasteiger partial charge in [-0.3, -0.25) is 14.3 Å². The van der Waals surface area contributed by atoms with E-state index in [2.05, 4.69) is 15.6 Å². The first-order valence-corrected chi connectivity index (χ1v) is 19.1. The van der Waals surface area contributed by atoms with Gasteiger partial charge in [-0.25, -0.2) is 0 Å². The third-order valence-electron chi connectivity index (χ3n) is 9.51. The number of methoxy groups -OCH3 is 1. The molecule has 48 heavy (non-hydrogen) atoms. The molecule has 0 unspecified atom stereocenters. The average molecular weight is 671 g/mol. The van der Waals surface area contributed by atoms with Gasteiger partial charge < -0.3 is 35.3 Å². The lowest BCUT2D eigenvalue weighted by Crippen LogP contribution is -2.46. The molecule has 2 aliphatic rings. The number of amides is 2. The van der Waals surface area contributed by atoms with Crippen molar-refractivity contribution in [2.75, 3.05) is 29.7 Å². The number of aliphatic hydroxyl groups is 1. The van der Waals surface area contributed by atoms with Gasteiger partial charge in [0.2, 0.25) is 0 Å². The van der Waals surface area contributed by atoms with Gasteiger partial charge in [-0.15, -0.1) is 5.10 Å². The molecule has 252 valence electrons. The summed E-state index contributed by atoms with van der Waals surface area (Å²) in [4.78, 5) is 40.8. The van der Waals surface area contributed by atoms with Gasteiger partial charge in [0.05, 0.1) is 31.1 Å². The van der Waals surface area contributed by atoms with Gasteiger partial charge in [0.25, 0.3) is 11.8 Å². The lowest BCUT2D eigenvalue weighted by atomic mass is 9.82. The second-order valence-electron chi connectivity index (χ2n) is 13.1. The van der Waals surface area contributed by atoms with E-state index in [1.165, 1.54) is 0 Å². The maximum Gasteiger partial charge on any atom is 0.264 e. The van der Waals surface area contributed by atoms with Crippen LogP contribution in [0.1, 0.15) is 40.5 Å². The van der Waals surface area contributed by atoms with Crippen LogP contribution in [-0.2, 0) is 34.6 Å². The van der Waals surface area contributed by atoms with Crippen molar-refractivity contribution in [3.8, 4) is 5.75 Å². The van der Waals surface area contributed by atoms with Crippen molar-refractivity contribution >= 4 is 37.2 Å². The van der Waals surface area contributed by atoms with E-state index in [-0.39, 0.29) is 36.4 Å². The Labute approximate surface area is 280 Å². The van der Waals surface area contributed by atoms with Crippen LogP contribution in [0.5, 0.6) is 5.75 Å². The lowest BCUT2D eigenvalue weighted by molar-refractivity contribution is -0.146. The van der Waals surface area contributed by atoms with Crippen molar-refractivity contribution in [1.82, 2.24) is 15.0 Å². The normalized spacial score (nSPS) is 21.9. The Morgan fingerprint density at radius 3 is 2.52 bits per heavy atom. The van der Waals surface area contributed by atoms with Crippen molar-refractivity contribution in [3.63, 3.8) is 0 Å². The Kier molecular flexibility index (Phi) is 9.13. The number of hydrogen-bond acceptors (Lipinski definition) is 9. The van der Waals surface area contributed by atoms with E-state index in [1.807, 2.05) is 62.5 Å². The van der Waals surface area contributed by atoms with Crippen LogP contribution in [0.2, 0.25) is 18.6 Å². The number of rotatable bonds is 11. The number of aromatic nitrogens is 3. The molecule has 5 N–H and O–H groups in total. The number of carbonyl (C=O) groups excluding carboxylic acids is 2. The molecule has 4 atom stereocenters. The molecular weight excluding hydrogens is 629 g/mol. The summed E-state index contributed by atoms with van der Waals surface area (Å²) in [5.41, 5.74) is 8.91. The molecule has 1 aromatic heterocycles. The van der Waals surface area contributed by atoms with E-state index in [0.29, 0.717) is 47.8 Å². The van der Waals surface area contributed by atoms with Crippen LogP contribution >= 0.6 is 0 Å². The number of aryl methyl sites for hydroxylation is 1. The lowest BCUT2D eigenvalue weighted by Gasteiger charge is -2.32. The molecule has 6 rings (SSSR count). The minimum atomic E-state index is -2.85. The van der Waals surface area contributed by atoms with Crippen molar-refractivity contribution in [1.29, 1.82) is 0 Å². The molecule has 3 aromatic carbocycles. The molecule has 0 aliphatic carbocycles. The SMILES string of the molecule is COc1ccc2c(c1)[C@@]1(O[C@H](CCn3cc(CCO)nn3)[C@@H]([Si](C)(C)O)[C@@H]1C)C(=O)N2Cc1ccc(NC(=O)c2ccc(N)cc2)cc1. The Bertz CT molecular complexity index is 1790. The number of aliphatic hydroxyl groups excluding tert-OH is 1. The first kappa shape index (κ1) is 33.3. The van der Waals surface area contributed by atoms with Crippen molar-refractivity contribution < 1.29 is 29.0 Å². The Morgan fingerprint density at radius 2 is 1.85 bits per heavy atom. The van der Waals surface area contributed by atoms with E-state index >= 15 is 0 Å². The predicted octanol–water partition coefficient (Wildman–Crippen LogP) is 4.09. The van der Waals surface area contributed by atoms with E-state index in [0.717, 1.165) is 16.8 Å². The predicted molar refractivity (Wildman–Crippen MR) is 184 cm³/mol. The molecule has 1 spiro atoms. The zero-order valence-corrected chi connectivity index (χ0v) is 28.6. The van der Waals surface area contributed by atoms with Crippen molar-refractivity contribution in [2.24, 2.45) is 5.92 Å². The third-order valence-corrected chi connectivity index (χ3v) is 12.0. The van der Waals surface area contributed by atoms with Gasteiger partial charge in [0, 0.05) is 59.7 Å². The number of ether oxygens (including phenoxy) is 2. The quantitative estimate of drug-likeness (QED) is 0.136. The maximum atomic E-state index is 14.7. The summed E-state index contributed by atoms with van der Waals surface area (Å²) in [6, 6.07) is 19.7. The zero-order valence-electron chi connectivity index (χ0n) is 27.6. The highest BCUT2D eigenvalue weighted by Gasteiger charge is 2.66. The molecule has 1 saturated heterocycles. The number of nitrogens with zero attached hydrogens (tertiary/aromatic N) is 4. The van der Waals surface area contributed by atoms with Crippen LogP contribution in [-0.4, -0.2) is 64.8 Å². The number of fused-ring (bicyclic) bond motifs is 2. The zero-order chi connectivity index (χ0) is 34.2. The highest BCUT2D eigenvalue weighted by molar-refractivity contribution is 6.71. The van der Waals surface area contributed by atoms with Crippen LogP contribution in [0, 0.1) is 5.92 Å². The molecule has 13 heteroatoms. The number of nitrogen functional groups attached to an aromatic ring is 1. The number of hydrogen-bond donors (Lipinski definition) is 4. The fraction of sp³-hybridized carbons (Fsp3) is 0.371. The van der Waals surface area contributed by atoms with E-state index in [4.69, 9.17) is 15.2 Å². The van der Waals surface area contributed by atoms with E-state index in [9.17, 15) is 19.5 Å². The van der Waals surface area contributed by atoms with Crippen LogP contribution in [0.3, 0.4) is 0 Å². The summed E-state index contributed by atoms with van der Waals surface area (Å²) >= 11 is 0. The highest BCUT2D eigenvalue weighted by atomic mass is 28.4. The molecule has 0 radical (unpaired) electrons. The monoisotopic (exact) mass is 670 g/mol. The second kappa shape index (κ2) is 13.2. The standard InChI is InChI=1S/C35H42N6O6Si/c1-22-32(48(3,4)45)31(15-17-40-21-27(16-18-42)38-39-40)47-35(22)29-19-28(46-2)13-14-30(29)41(34(35)44)20-23-5-11-26(12-6-23)37-33(43)24-7-9-25(36)10-8-24/h5-14,19,21-22,31-32,42,45H,15-18,20,36H2,1-4H3,(H,37,43)/t22-,31+,32-,35+/m0/s1. The summed E-state index contributed by atoms with van der Waals surface area (Å²) < 4.78 is 14.2. The third kappa shape index (κ3) is 6.21. The summed E-state index contributed by atoms with van der Waals surface area (Å²) in [6.07, 6.45) is 2.33. The Balaban J connectivity index is 1.27. The summed E-state index contributed by atoms with van der Waals surface area (Å²) in [5, 5.41) is 20.5. The van der Waals surface area contributed by atoms with Gasteiger partial charge >= 0.3 is 0 Å². The highest BCUT2D eigenvalue weighted by Crippen LogP contribution is 2.60. The molecule has 12 nitrogen and oxygen atoms in total. The minimum Gasteiger partial charge on any atom is -0.497 e. The number of nitrogens with two attached hydrogens (primary N) is 1. The van der Waals surface area contributed by atoms with Gasteiger partial charge in [0.15, 0.2) is 13.9 Å². The van der Waals surface area contributed by atoms with Gasteiger partial charge in [0.1, 0.15) is 5.75 Å². The molecule has 2 aliphatic heterocycles. The number of anilines is 3. The summed E-state index contributed by atoms with van der Waals surface area (Å²) in [5.74, 6) is -0.150. The van der Waals surface area contributed by atoms with Crippen LogP contribution in [0.4, 0.5) is 17.1 Å². The molecule has 3 heterocycles. The molecular formula is C35H42N6O6Si. The fourth-order valence-electron chi connectivity index (χ4n) is 7.26. The van der Waals surface area contributed by atoms with E-state index in [1.54, 1.807) is 47.2 Å². The first-order chi connectivity index (χ1) is 22.9. The number of benzene rings is 3. The van der Waals surface area contributed by atoms with Crippen molar-refractivity contribution in [3.05, 3.63) is 95.3 Å². The van der Waals surface area contributed by atoms with Gasteiger partial charge in [-0.05, 0) is 79.7 Å². The molecule has 0 saturated carbocycles. The Morgan fingerprint density at radius 1 is 1.12 bits per heavy atom. The second-order valence-corrected chi connectivity index (χ2v) is 17.1. The first-order valence-electron chi connectivity index (χ1n) is 16.1. The number of nitrogens with one attached hydrogen (secondary N) is 1. The van der Waals surface area contributed by atoms with Gasteiger partial charge in [-0.1, -0.05) is 24.3 Å². The number of carbonyl (C=O) groups is 2. The Hall–Kier alpha value is -4.56. The largest absolute Gasteiger partial charge is 0.497 e. The van der Waals surface area contributed by atoms with Crippen LogP contribution in [0.25, 0.3) is 0 Å². The van der Waals surface area contributed by atoms with Crippen molar-refractivity contribution in [2.45, 2.75) is 63.2 Å². The smallest absolute Gasteiger partial charge is 0.264 e. The molecule has 0 bridgehead atoms. The molecule has 1 fully saturated rings.